The van der Waals surface area contributed by atoms with Crippen LogP contribution in [0.3, 0.4) is 0 Å². The van der Waals surface area contributed by atoms with Gasteiger partial charge in [0.2, 0.25) is 5.43 Å². The van der Waals surface area contributed by atoms with E-state index in [9.17, 15) is 28.3 Å². The summed E-state index contributed by atoms with van der Waals surface area (Å²) in [5, 5.41) is 12.6. The van der Waals surface area contributed by atoms with Crippen molar-refractivity contribution in [1.29, 1.82) is 0 Å². The maximum atomic E-state index is 13.7. The molecule has 1 aliphatic rings. The van der Waals surface area contributed by atoms with Gasteiger partial charge >= 0.3 is 0 Å². The van der Waals surface area contributed by atoms with E-state index in [1.54, 1.807) is 0 Å². The molecule has 0 bridgehead atoms. The molecule has 3 N–H and O–H groups in total. The second-order valence-electron chi connectivity index (χ2n) is 7.16. The highest BCUT2D eigenvalue weighted by atomic mass is 19.1. The number of ether oxygens (including phenoxy) is 1. The molecule has 3 rings (SSSR count). The van der Waals surface area contributed by atoms with Crippen molar-refractivity contribution in [1.82, 2.24) is 14.9 Å². The van der Waals surface area contributed by atoms with Crippen LogP contribution >= 0.6 is 0 Å². The second kappa shape index (κ2) is 9.13. The molecule has 0 atom stereocenters. The Morgan fingerprint density at radius 1 is 1.32 bits per heavy atom. The summed E-state index contributed by atoms with van der Waals surface area (Å²) in [6.07, 6.45) is 1.08. The SMILES string of the molecule is CC(C)OCCN1CNn2cc(C(=O)NCc3ccc(F)cc3F)c(=O)c(O)c2C1=O. The zero-order valence-electron chi connectivity index (χ0n) is 16.9. The first-order valence-corrected chi connectivity index (χ1v) is 9.54. The number of fused-ring (bicyclic) bond motifs is 1. The van der Waals surface area contributed by atoms with Crippen LogP contribution in [0.25, 0.3) is 0 Å². The number of carbonyl (C=O) groups is 2. The van der Waals surface area contributed by atoms with Crippen LogP contribution in [0, 0.1) is 11.6 Å². The molecule has 2 amide bonds. The molecule has 2 heterocycles. The van der Waals surface area contributed by atoms with Gasteiger partial charge in [-0.25, -0.2) is 8.78 Å². The van der Waals surface area contributed by atoms with Gasteiger partial charge in [0.25, 0.3) is 11.8 Å². The number of aromatic nitrogens is 1. The van der Waals surface area contributed by atoms with Crippen LogP contribution in [0.1, 0.15) is 40.3 Å². The molecule has 0 saturated heterocycles. The van der Waals surface area contributed by atoms with Gasteiger partial charge in [-0.05, 0) is 19.9 Å². The summed E-state index contributed by atoms with van der Waals surface area (Å²) in [5.41, 5.74) is 1.05. The van der Waals surface area contributed by atoms with Crippen LogP contribution in [0.5, 0.6) is 5.75 Å². The Morgan fingerprint density at radius 3 is 2.74 bits per heavy atom. The largest absolute Gasteiger partial charge is 0.502 e. The maximum Gasteiger partial charge on any atom is 0.277 e. The summed E-state index contributed by atoms with van der Waals surface area (Å²) in [6.45, 7) is 3.99. The second-order valence-corrected chi connectivity index (χ2v) is 7.16. The normalized spacial score (nSPS) is 13.2. The summed E-state index contributed by atoms with van der Waals surface area (Å²) in [5.74, 6) is -3.97. The predicted molar refractivity (Wildman–Crippen MR) is 106 cm³/mol. The minimum Gasteiger partial charge on any atom is -0.502 e. The standard InChI is InChI=1S/C20H22F2N4O5/c1-11(2)31-6-5-25-10-24-26-9-14(17(27)18(28)16(26)20(25)30)19(29)23-8-12-3-4-13(21)7-15(12)22/h3-4,7,9,11,24,28H,5-6,8,10H2,1-2H3,(H,23,29). The molecule has 0 aliphatic carbocycles. The molecule has 1 aromatic heterocycles. The first kappa shape index (κ1) is 22.2. The molecule has 2 aromatic rings. The number of amides is 2. The van der Waals surface area contributed by atoms with Crippen molar-refractivity contribution in [2.75, 3.05) is 25.2 Å². The number of halogens is 2. The Labute approximate surface area is 176 Å². The minimum absolute atomic E-state index is 0.0133. The first-order valence-electron chi connectivity index (χ1n) is 9.54. The maximum absolute atomic E-state index is 13.7. The van der Waals surface area contributed by atoms with Gasteiger partial charge in [-0.3, -0.25) is 19.1 Å². The summed E-state index contributed by atoms with van der Waals surface area (Å²) in [7, 11) is 0. The Balaban J connectivity index is 1.77. The molecule has 0 saturated carbocycles. The van der Waals surface area contributed by atoms with Crippen LogP contribution in [0.15, 0.2) is 29.2 Å². The quantitative estimate of drug-likeness (QED) is 0.600. The fraction of sp³-hybridized carbons (Fsp3) is 0.350. The van der Waals surface area contributed by atoms with E-state index in [4.69, 9.17) is 4.74 Å². The van der Waals surface area contributed by atoms with Crippen molar-refractivity contribution in [2.24, 2.45) is 0 Å². The number of nitrogens with one attached hydrogen (secondary N) is 2. The molecular weight excluding hydrogens is 414 g/mol. The van der Waals surface area contributed by atoms with Crippen molar-refractivity contribution in [3.05, 3.63) is 63.1 Å². The first-order chi connectivity index (χ1) is 14.7. The molecular formula is C20H22F2N4O5. The predicted octanol–water partition coefficient (Wildman–Crippen LogP) is 1.14. The molecule has 166 valence electrons. The zero-order valence-corrected chi connectivity index (χ0v) is 16.9. The van der Waals surface area contributed by atoms with Gasteiger partial charge in [-0.2, -0.15) is 0 Å². The molecule has 0 radical (unpaired) electrons. The lowest BCUT2D eigenvalue weighted by molar-refractivity contribution is 0.0462. The molecule has 11 heteroatoms. The number of hydrogen-bond acceptors (Lipinski definition) is 6. The zero-order chi connectivity index (χ0) is 22.7. The van der Waals surface area contributed by atoms with Gasteiger partial charge in [-0.1, -0.05) is 6.07 Å². The molecule has 1 aromatic carbocycles. The molecule has 0 fully saturated rings. The number of benzene rings is 1. The van der Waals surface area contributed by atoms with Crippen molar-refractivity contribution < 1.29 is 28.2 Å². The highest BCUT2D eigenvalue weighted by Crippen LogP contribution is 2.18. The third kappa shape index (κ3) is 4.82. The Bertz CT molecular complexity index is 1070. The topological polar surface area (TPSA) is 113 Å². The Hall–Kier alpha value is -3.47. The van der Waals surface area contributed by atoms with Crippen molar-refractivity contribution in [2.45, 2.75) is 26.5 Å². The summed E-state index contributed by atoms with van der Waals surface area (Å²) in [6, 6.07) is 2.88. The lowest BCUT2D eigenvalue weighted by Gasteiger charge is -2.31. The number of aromatic hydroxyl groups is 1. The van der Waals surface area contributed by atoms with Gasteiger partial charge in [0.05, 0.1) is 12.7 Å². The van der Waals surface area contributed by atoms with E-state index in [1.807, 2.05) is 13.8 Å². The van der Waals surface area contributed by atoms with Crippen molar-refractivity contribution in [3.63, 3.8) is 0 Å². The molecule has 0 spiro atoms. The number of pyridine rings is 1. The lowest BCUT2D eigenvalue weighted by Crippen LogP contribution is -2.48. The van der Waals surface area contributed by atoms with Crippen molar-refractivity contribution in [3.8, 4) is 5.75 Å². The smallest absolute Gasteiger partial charge is 0.277 e. The van der Waals surface area contributed by atoms with E-state index < -0.39 is 40.2 Å². The molecule has 9 nitrogen and oxygen atoms in total. The number of carbonyl (C=O) groups excluding carboxylic acids is 2. The molecule has 1 aliphatic heterocycles. The van der Waals surface area contributed by atoms with Gasteiger partial charge in [0, 0.05) is 30.9 Å². The van der Waals surface area contributed by atoms with Crippen LogP contribution in [0.2, 0.25) is 0 Å². The summed E-state index contributed by atoms with van der Waals surface area (Å²) >= 11 is 0. The van der Waals surface area contributed by atoms with Gasteiger partial charge in [0.1, 0.15) is 23.9 Å². The van der Waals surface area contributed by atoms with E-state index in [0.29, 0.717) is 6.07 Å². The van der Waals surface area contributed by atoms with Gasteiger partial charge < -0.3 is 25.5 Å². The minimum atomic E-state index is -1.04. The third-order valence-corrected chi connectivity index (χ3v) is 4.62. The van der Waals surface area contributed by atoms with E-state index >= 15 is 0 Å². The fourth-order valence-corrected chi connectivity index (χ4v) is 2.99. The van der Waals surface area contributed by atoms with Crippen molar-refractivity contribution >= 4 is 11.8 Å². The molecule has 31 heavy (non-hydrogen) atoms. The van der Waals surface area contributed by atoms with E-state index in [0.717, 1.165) is 16.9 Å². The van der Waals surface area contributed by atoms with E-state index in [1.165, 1.54) is 11.0 Å². The third-order valence-electron chi connectivity index (χ3n) is 4.62. The monoisotopic (exact) mass is 436 g/mol. The summed E-state index contributed by atoms with van der Waals surface area (Å²) < 4.78 is 33.2. The van der Waals surface area contributed by atoms with Crippen LogP contribution < -0.4 is 16.2 Å². The average Bonchev–Trinajstić information content (AvgIpc) is 2.71. The Kier molecular flexibility index (Phi) is 6.54. The number of hydrogen-bond donors (Lipinski definition) is 3. The van der Waals surface area contributed by atoms with Crippen LogP contribution in [0.4, 0.5) is 8.78 Å². The summed E-state index contributed by atoms with van der Waals surface area (Å²) in [4.78, 5) is 38.9. The molecule has 0 unspecified atom stereocenters. The van der Waals surface area contributed by atoms with Gasteiger partial charge in [0.15, 0.2) is 11.4 Å². The lowest BCUT2D eigenvalue weighted by atomic mass is 10.1. The average molecular weight is 436 g/mol. The number of rotatable bonds is 7. The van der Waals surface area contributed by atoms with Crippen LogP contribution in [-0.2, 0) is 11.3 Å². The van der Waals surface area contributed by atoms with Gasteiger partial charge in [-0.15, -0.1) is 0 Å². The highest BCUT2D eigenvalue weighted by Gasteiger charge is 2.30. The Morgan fingerprint density at radius 2 is 2.06 bits per heavy atom. The number of nitrogens with zero attached hydrogens (tertiary/aromatic N) is 2. The fourth-order valence-electron chi connectivity index (χ4n) is 2.99. The van der Waals surface area contributed by atoms with Crippen LogP contribution in [-0.4, -0.2) is 52.4 Å². The highest BCUT2D eigenvalue weighted by molar-refractivity contribution is 5.99. The van der Waals surface area contributed by atoms with E-state index in [2.05, 4.69) is 10.7 Å². The van der Waals surface area contributed by atoms with E-state index in [-0.39, 0.29) is 43.7 Å².